The van der Waals surface area contributed by atoms with Gasteiger partial charge in [0, 0.05) is 41.5 Å². The second-order valence-corrected chi connectivity index (χ2v) is 10.5. The van der Waals surface area contributed by atoms with E-state index in [1.54, 1.807) is 13.8 Å². The summed E-state index contributed by atoms with van der Waals surface area (Å²) in [5.74, 6) is -3.59. The number of halogens is 1. The van der Waals surface area contributed by atoms with Crippen molar-refractivity contribution in [1.29, 1.82) is 0 Å². The van der Waals surface area contributed by atoms with Gasteiger partial charge in [0.05, 0.1) is 35.7 Å². The van der Waals surface area contributed by atoms with E-state index in [2.05, 4.69) is 10.2 Å². The van der Waals surface area contributed by atoms with E-state index in [0.717, 1.165) is 30.9 Å². The highest BCUT2D eigenvalue weighted by Crippen LogP contribution is 2.43. The highest BCUT2D eigenvalue weighted by atomic mass is 19.1. The summed E-state index contributed by atoms with van der Waals surface area (Å²) in [5, 5.41) is 14.8. The zero-order valence-electron chi connectivity index (χ0n) is 23.0. The van der Waals surface area contributed by atoms with Crippen LogP contribution in [0.15, 0.2) is 71.1 Å². The Labute approximate surface area is 227 Å². The fourth-order valence-electron chi connectivity index (χ4n) is 4.94. The van der Waals surface area contributed by atoms with Gasteiger partial charge >= 0.3 is 11.9 Å². The fraction of sp³-hybridized carbons (Fsp3) is 0.379. The Bertz CT molecular complexity index is 1320. The van der Waals surface area contributed by atoms with Gasteiger partial charge in [0.15, 0.2) is 0 Å². The van der Waals surface area contributed by atoms with E-state index in [0.29, 0.717) is 24.5 Å². The SMILES string of the molecule is COC(=O)C1=C(C)NC(C)=C(C(=O)OCC(C)(C)CN(C)Cc2ccccc2)C1c1cc(F)ccc1[N+](=O)[O-]. The van der Waals surface area contributed by atoms with Gasteiger partial charge in [0.1, 0.15) is 5.82 Å². The van der Waals surface area contributed by atoms with Gasteiger partial charge in [-0.3, -0.25) is 10.1 Å². The van der Waals surface area contributed by atoms with Gasteiger partial charge in [-0.15, -0.1) is 0 Å². The van der Waals surface area contributed by atoms with E-state index in [-0.39, 0.29) is 23.3 Å². The molecule has 39 heavy (non-hydrogen) atoms. The summed E-state index contributed by atoms with van der Waals surface area (Å²) in [6.45, 7) is 8.46. The molecule has 0 fully saturated rings. The molecule has 1 unspecified atom stereocenters. The van der Waals surface area contributed by atoms with Crippen molar-refractivity contribution in [3.8, 4) is 0 Å². The maximum atomic E-state index is 14.4. The van der Waals surface area contributed by atoms with Crippen molar-refractivity contribution in [3.05, 3.63) is 98.1 Å². The van der Waals surface area contributed by atoms with Crippen molar-refractivity contribution in [1.82, 2.24) is 10.2 Å². The summed E-state index contributed by atoms with van der Waals surface area (Å²) in [4.78, 5) is 39.7. The van der Waals surface area contributed by atoms with Crippen LogP contribution < -0.4 is 5.32 Å². The molecule has 0 bridgehead atoms. The number of benzene rings is 2. The summed E-state index contributed by atoms with van der Waals surface area (Å²) in [6.07, 6.45) is 0. The quantitative estimate of drug-likeness (QED) is 0.259. The highest BCUT2D eigenvalue weighted by molar-refractivity contribution is 6.00. The van der Waals surface area contributed by atoms with Crippen LogP contribution in [0.1, 0.15) is 44.7 Å². The minimum atomic E-state index is -1.27. The van der Waals surface area contributed by atoms with E-state index in [4.69, 9.17) is 9.47 Å². The first-order chi connectivity index (χ1) is 18.3. The first-order valence-electron chi connectivity index (χ1n) is 12.4. The molecule has 10 heteroatoms. The molecular formula is C29H34FN3O6. The number of esters is 2. The van der Waals surface area contributed by atoms with Crippen molar-refractivity contribution in [2.75, 3.05) is 27.3 Å². The number of carbonyl (C=O) groups is 2. The first kappa shape index (κ1) is 29.5. The van der Waals surface area contributed by atoms with E-state index >= 15 is 0 Å². The minimum absolute atomic E-state index is 0.0249. The molecule has 2 aromatic rings. The van der Waals surface area contributed by atoms with Gasteiger partial charge in [0.2, 0.25) is 0 Å². The summed E-state index contributed by atoms with van der Waals surface area (Å²) >= 11 is 0. The first-order valence-corrected chi connectivity index (χ1v) is 12.4. The third-order valence-corrected chi connectivity index (χ3v) is 6.47. The average molecular weight is 540 g/mol. The molecular weight excluding hydrogens is 505 g/mol. The van der Waals surface area contributed by atoms with Crippen LogP contribution in [0.5, 0.6) is 0 Å². The second kappa shape index (κ2) is 12.2. The van der Waals surface area contributed by atoms with Crippen LogP contribution in [-0.2, 0) is 25.6 Å². The lowest BCUT2D eigenvalue weighted by Gasteiger charge is -2.32. The van der Waals surface area contributed by atoms with E-state index in [1.807, 2.05) is 51.2 Å². The Morgan fingerprint density at radius 3 is 2.28 bits per heavy atom. The Hall–Kier alpha value is -4.05. The molecule has 208 valence electrons. The normalized spacial score (nSPS) is 15.7. The summed E-state index contributed by atoms with van der Waals surface area (Å²) < 4.78 is 25.1. The predicted octanol–water partition coefficient (Wildman–Crippen LogP) is 4.84. The maximum Gasteiger partial charge on any atom is 0.336 e. The van der Waals surface area contributed by atoms with Gasteiger partial charge in [-0.25, -0.2) is 14.0 Å². The fourth-order valence-corrected chi connectivity index (χ4v) is 4.94. The van der Waals surface area contributed by atoms with E-state index < -0.39 is 39.7 Å². The molecule has 0 radical (unpaired) electrons. The van der Waals surface area contributed by atoms with Crippen LogP contribution in [0.2, 0.25) is 0 Å². The molecule has 1 atom stereocenters. The van der Waals surface area contributed by atoms with Gasteiger partial charge in [-0.2, -0.15) is 0 Å². The topological polar surface area (TPSA) is 111 Å². The van der Waals surface area contributed by atoms with Crippen molar-refractivity contribution in [2.24, 2.45) is 5.41 Å². The Kier molecular flexibility index (Phi) is 9.24. The molecule has 9 nitrogen and oxygen atoms in total. The molecule has 1 N–H and O–H groups in total. The van der Waals surface area contributed by atoms with Crippen LogP contribution >= 0.6 is 0 Å². The number of nitro benzene ring substituents is 1. The zero-order chi connectivity index (χ0) is 28.9. The molecule has 0 spiro atoms. The second-order valence-electron chi connectivity index (χ2n) is 10.5. The number of nitro groups is 1. The monoisotopic (exact) mass is 539 g/mol. The van der Waals surface area contributed by atoms with E-state index in [9.17, 15) is 24.1 Å². The lowest BCUT2D eigenvalue weighted by atomic mass is 9.79. The molecule has 0 aromatic heterocycles. The number of rotatable bonds is 10. The lowest BCUT2D eigenvalue weighted by Crippen LogP contribution is -2.37. The Morgan fingerprint density at radius 1 is 1.08 bits per heavy atom. The van der Waals surface area contributed by atoms with Crippen molar-refractivity contribution in [3.63, 3.8) is 0 Å². The zero-order valence-corrected chi connectivity index (χ0v) is 23.0. The number of nitrogens with zero attached hydrogens (tertiary/aromatic N) is 2. The molecule has 2 aromatic carbocycles. The van der Waals surface area contributed by atoms with Gasteiger partial charge in [-0.1, -0.05) is 44.2 Å². The minimum Gasteiger partial charge on any atom is -0.466 e. The third-order valence-electron chi connectivity index (χ3n) is 6.47. The predicted molar refractivity (Wildman–Crippen MR) is 144 cm³/mol. The van der Waals surface area contributed by atoms with Crippen molar-refractivity contribution < 1.29 is 28.4 Å². The number of allylic oxidation sites excluding steroid dienone is 2. The average Bonchev–Trinajstić information content (AvgIpc) is 2.86. The van der Waals surface area contributed by atoms with Crippen LogP contribution in [-0.4, -0.2) is 49.1 Å². The summed E-state index contributed by atoms with van der Waals surface area (Å²) in [6, 6.07) is 12.9. The molecule has 3 rings (SSSR count). The Balaban J connectivity index is 1.91. The summed E-state index contributed by atoms with van der Waals surface area (Å²) in [5.41, 5.74) is 0.739. The maximum absolute atomic E-state index is 14.4. The Morgan fingerprint density at radius 2 is 1.69 bits per heavy atom. The number of carbonyl (C=O) groups excluding carboxylic acids is 2. The molecule has 0 amide bonds. The number of dihydropyridines is 1. The van der Waals surface area contributed by atoms with Crippen molar-refractivity contribution in [2.45, 2.75) is 40.2 Å². The standard InChI is InChI=1S/C29H34FN3O6/c1-18-24(27(34)38-6)26(22-14-21(30)12-13-23(22)33(36)37)25(19(2)31-18)28(35)39-17-29(3,4)16-32(5)15-20-10-8-7-9-11-20/h7-14,26,31H,15-17H2,1-6H3. The number of hydrogen-bond acceptors (Lipinski definition) is 8. The van der Waals surface area contributed by atoms with Crippen LogP contribution in [0.3, 0.4) is 0 Å². The summed E-state index contributed by atoms with van der Waals surface area (Å²) in [7, 11) is 3.14. The number of methoxy groups -OCH3 is 1. The molecule has 1 heterocycles. The molecule has 1 aliphatic heterocycles. The number of hydrogen-bond donors (Lipinski definition) is 1. The van der Waals surface area contributed by atoms with Gasteiger partial charge in [-0.05, 0) is 38.6 Å². The third kappa shape index (κ3) is 7.08. The molecule has 0 aliphatic carbocycles. The van der Waals surface area contributed by atoms with Crippen LogP contribution in [0, 0.1) is 21.3 Å². The van der Waals surface area contributed by atoms with Gasteiger partial charge in [0.25, 0.3) is 5.69 Å². The number of nitrogens with one attached hydrogen (secondary N) is 1. The van der Waals surface area contributed by atoms with Crippen molar-refractivity contribution >= 4 is 17.6 Å². The number of ether oxygens (including phenoxy) is 2. The molecule has 0 saturated heterocycles. The largest absolute Gasteiger partial charge is 0.466 e. The molecule has 0 saturated carbocycles. The van der Waals surface area contributed by atoms with Gasteiger partial charge < -0.3 is 19.7 Å². The molecule has 1 aliphatic rings. The highest BCUT2D eigenvalue weighted by Gasteiger charge is 2.41. The van der Waals surface area contributed by atoms with Crippen LogP contribution in [0.4, 0.5) is 10.1 Å². The van der Waals surface area contributed by atoms with Crippen LogP contribution in [0.25, 0.3) is 0 Å². The van der Waals surface area contributed by atoms with E-state index in [1.165, 1.54) is 0 Å². The lowest BCUT2D eigenvalue weighted by molar-refractivity contribution is -0.385. The smallest absolute Gasteiger partial charge is 0.336 e.